The zero-order valence-electron chi connectivity index (χ0n) is 19.3. The van der Waals surface area contributed by atoms with Gasteiger partial charge in [0.15, 0.2) is 11.5 Å². The first kappa shape index (κ1) is 25.7. The molecule has 2 heterocycles. The number of hydrogen-bond donors (Lipinski definition) is 2. The number of piperidine rings is 1. The fourth-order valence-electron chi connectivity index (χ4n) is 4.16. The van der Waals surface area contributed by atoms with Gasteiger partial charge < -0.3 is 24.8 Å². The third-order valence-electron chi connectivity index (χ3n) is 5.77. The summed E-state index contributed by atoms with van der Waals surface area (Å²) in [6.07, 6.45) is 3.47. The highest BCUT2D eigenvalue weighted by Crippen LogP contribution is 2.40. The Morgan fingerprint density at radius 1 is 1.06 bits per heavy atom. The van der Waals surface area contributed by atoms with Crippen LogP contribution in [-0.2, 0) is 0 Å². The Balaban J connectivity index is 0.00000324. The van der Waals surface area contributed by atoms with Gasteiger partial charge in [-0.05, 0) is 50.2 Å². The van der Waals surface area contributed by atoms with E-state index in [1.807, 2.05) is 28.9 Å². The van der Waals surface area contributed by atoms with Crippen LogP contribution in [0.1, 0.15) is 34.8 Å². The Labute approximate surface area is 209 Å². The average molecular weight is 507 g/mol. The monoisotopic (exact) mass is 506 g/mol. The Hall–Kier alpha value is -2.94. The van der Waals surface area contributed by atoms with Crippen molar-refractivity contribution in [3.05, 3.63) is 58.9 Å². The lowest BCUT2D eigenvalue weighted by Gasteiger charge is -2.24. The topological polar surface area (TPSA) is 86.6 Å². The first-order valence-electron chi connectivity index (χ1n) is 10.7. The summed E-state index contributed by atoms with van der Waals surface area (Å²) in [7, 11) is 4.61. The number of ether oxygens (including phenoxy) is 3. The second kappa shape index (κ2) is 11.5. The zero-order chi connectivity index (χ0) is 23.4. The molecule has 10 heteroatoms. The Kier molecular flexibility index (Phi) is 8.66. The number of nitrogens with zero attached hydrogens (tertiary/aromatic N) is 2. The fraction of sp³-hybridized carbons (Fsp3) is 0.333. The average Bonchev–Trinajstić information content (AvgIpc) is 3.29. The summed E-state index contributed by atoms with van der Waals surface area (Å²) >= 11 is 6.07. The molecule has 2 N–H and O–H groups in total. The smallest absolute Gasteiger partial charge is 0.259 e. The summed E-state index contributed by atoms with van der Waals surface area (Å²) < 4.78 is 18.0. The van der Waals surface area contributed by atoms with E-state index in [-0.39, 0.29) is 24.2 Å². The number of benzene rings is 2. The van der Waals surface area contributed by atoms with Gasteiger partial charge in [-0.15, -0.1) is 12.4 Å². The quantitative estimate of drug-likeness (QED) is 0.483. The fourth-order valence-corrected chi connectivity index (χ4v) is 4.29. The molecule has 8 nitrogen and oxygen atoms in total. The highest BCUT2D eigenvalue weighted by molar-refractivity contribution is 6.30. The number of amides is 1. The molecule has 182 valence electrons. The second-order valence-corrected chi connectivity index (χ2v) is 8.16. The van der Waals surface area contributed by atoms with Gasteiger partial charge in [0.25, 0.3) is 5.91 Å². The van der Waals surface area contributed by atoms with Gasteiger partial charge in [-0.3, -0.25) is 4.79 Å². The molecule has 2 aromatic carbocycles. The van der Waals surface area contributed by atoms with E-state index in [4.69, 9.17) is 25.8 Å². The van der Waals surface area contributed by atoms with E-state index >= 15 is 0 Å². The summed E-state index contributed by atoms with van der Waals surface area (Å²) in [5.74, 6) is 1.33. The molecule has 0 saturated carbocycles. The summed E-state index contributed by atoms with van der Waals surface area (Å²) in [5.41, 5.74) is 2.82. The molecule has 1 saturated heterocycles. The molecular weight excluding hydrogens is 479 g/mol. The van der Waals surface area contributed by atoms with Crippen LogP contribution in [-0.4, -0.2) is 50.1 Å². The maximum absolute atomic E-state index is 13.4. The summed E-state index contributed by atoms with van der Waals surface area (Å²) in [4.78, 5) is 13.4. The van der Waals surface area contributed by atoms with Crippen LogP contribution >= 0.6 is 24.0 Å². The normalized spacial score (nSPS) is 13.6. The predicted molar refractivity (Wildman–Crippen MR) is 135 cm³/mol. The van der Waals surface area contributed by atoms with E-state index in [1.54, 1.807) is 18.3 Å². The van der Waals surface area contributed by atoms with Crippen LogP contribution in [0.2, 0.25) is 5.02 Å². The summed E-state index contributed by atoms with van der Waals surface area (Å²) in [5, 5.41) is 11.6. The van der Waals surface area contributed by atoms with Gasteiger partial charge in [0.1, 0.15) is 0 Å². The van der Waals surface area contributed by atoms with Gasteiger partial charge >= 0.3 is 0 Å². The maximum Gasteiger partial charge on any atom is 0.259 e. The van der Waals surface area contributed by atoms with Gasteiger partial charge in [-0.1, -0.05) is 11.6 Å². The van der Waals surface area contributed by atoms with Crippen molar-refractivity contribution in [2.45, 2.75) is 18.8 Å². The molecule has 1 aliphatic rings. The summed E-state index contributed by atoms with van der Waals surface area (Å²) in [6.45, 7) is 1.79. The number of nitrogens with one attached hydrogen (secondary N) is 2. The van der Waals surface area contributed by atoms with Crippen molar-refractivity contribution in [3.8, 4) is 22.9 Å². The first-order valence-corrected chi connectivity index (χ1v) is 11.1. The van der Waals surface area contributed by atoms with E-state index in [2.05, 4.69) is 15.7 Å². The number of methoxy groups -OCH3 is 3. The van der Waals surface area contributed by atoms with Crippen molar-refractivity contribution >= 4 is 35.6 Å². The predicted octanol–water partition coefficient (Wildman–Crippen LogP) is 4.69. The highest BCUT2D eigenvalue weighted by Gasteiger charge is 2.27. The van der Waals surface area contributed by atoms with Gasteiger partial charge in [-0.25, -0.2) is 4.68 Å². The number of carbonyl (C=O) groups is 1. The van der Waals surface area contributed by atoms with Crippen molar-refractivity contribution in [1.29, 1.82) is 0 Å². The Morgan fingerprint density at radius 3 is 2.24 bits per heavy atom. The molecule has 0 atom stereocenters. The van der Waals surface area contributed by atoms with Crippen LogP contribution in [0.25, 0.3) is 5.69 Å². The molecule has 0 unspecified atom stereocenters. The van der Waals surface area contributed by atoms with E-state index < -0.39 is 0 Å². The van der Waals surface area contributed by atoms with Crippen LogP contribution < -0.4 is 24.8 Å². The van der Waals surface area contributed by atoms with Gasteiger partial charge in [-0.2, -0.15) is 5.10 Å². The second-order valence-electron chi connectivity index (χ2n) is 7.72. The van der Waals surface area contributed by atoms with Crippen molar-refractivity contribution in [2.24, 2.45) is 0 Å². The van der Waals surface area contributed by atoms with Crippen molar-refractivity contribution in [1.82, 2.24) is 15.1 Å². The molecule has 0 radical (unpaired) electrons. The third-order valence-corrected chi connectivity index (χ3v) is 6.02. The van der Waals surface area contributed by atoms with Crippen LogP contribution in [0.3, 0.4) is 0 Å². The van der Waals surface area contributed by atoms with Crippen LogP contribution in [0.5, 0.6) is 17.2 Å². The standard InChI is InChI=1S/C24H27ClN4O4.ClH/c1-31-20-12-17(13-21(32-2)23(20)33-3)28-24(30)19-14-27-29(18-6-4-16(25)5-7-18)22(19)15-8-10-26-11-9-15;/h4-7,12-15,26H,8-11H2,1-3H3,(H,28,30);1H. The number of hydrogen-bond acceptors (Lipinski definition) is 6. The number of rotatable bonds is 7. The van der Waals surface area contributed by atoms with Crippen molar-refractivity contribution in [2.75, 3.05) is 39.7 Å². The molecule has 1 aromatic heterocycles. The number of anilines is 1. The minimum absolute atomic E-state index is 0. The Bertz CT molecular complexity index is 1100. The van der Waals surface area contributed by atoms with E-state index in [0.29, 0.717) is 33.5 Å². The van der Waals surface area contributed by atoms with Gasteiger partial charge in [0.05, 0.1) is 44.5 Å². The minimum atomic E-state index is -0.252. The SMILES string of the molecule is COc1cc(NC(=O)c2cnn(-c3ccc(Cl)cc3)c2C2CCNCC2)cc(OC)c1OC.Cl. The van der Waals surface area contributed by atoms with E-state index in [0.717, 1.165) is 37.3 Å². The van der Waals surface area contributed by atoms with Crippen molar-refractivity contribution in [3.63, 3.8) is 0 Å². The van der Waals surface area contributed by atoms with Crippen LogP contribution in [0.4, 0.5) is 5.69 Å². The molecule has 4 rings (SSSR count). The van der Waals surface area contributed by atoms with E-state index in [9.17, 15) is 4.79 Å². The lowest BCUT2D eigenvalue weighted by molar-refractivity contribution is 0.102. The van der Waals surface area contributed by atoms with Crippen molar-refractivity contribution < 1.29 is 19.0 Å². The van der Waals surface area contributed by atoms with Crippen LogP contribution in [0.15, 0.2) is 42.6 Å². The largest absolute Gasteiger partial charge is 0.493 e. The lowest BCUT2D eigenvalue weighted by Crippen LogP contribution is -2.29. The molecule has 3 aromatic rings. The number of carbonyl (C=O) groups excluding carboxylic acids is 1. The molecule has 34 heavy (non-hydrogen) atoms. The molecule has 0 spiro atoms. The molecular formula is C24H28Cl2N4O4. The third kappa shape index (κ3) is 5.24. The Morgan fingerprint density at radius 2 is 1.68 bits per heavy atom. The van der Waals surface area contributed by atoms with Crippen LogP contribution in [0, 0.1) is 0 Å². The maximum atomic E-state index is 13.4. The number of aromatic nitrogens is 2. The minimum Gasteiger partial charge on any atom is -0.493 e. The molecule has 1 fully saturated rings. The first-order chi connectivity index (χ1) is 16.0. The summed E-state index contributed by atoms with van der Waals surface area (Å²) in [6, 6.07) is 10.8. The molecule has 0 aliphatic carbocycles. The number of halogens is 2. The molecule has 1 aliphatic heterocycles. The van der Waals surface area contributed by atoms with Gasteiger partial charge in [0.2, 0.25) is 5.75 Å². The molecule has 1 amide bonds. The lowest BCUT2D eigenvalue weighted by atomic mass is 9.91. The molecule has 0 bridgehead atoms. The zero-order valence-corrected chi connectivity index (χ0v) is 20.8. The van der Waals surface area contributed by atoms with Gasteiger partial charge in [0, 0.05) is 28.8 Å². The highest BCUT2D eigenvalue weighted by atomic mass is 35.5. The van der Waals surface area contributed by atoms with E-state index in [1.165, 1.54) is 21.3 Å².